The third-order valence-electron chi connectivity index (χ3n) is 7.70. The summed E-state index contributed by atoms with van der Waals surface area (Å²) in [7, 11) is 0. The van der Waals surface area contributed by atoms with E-state index in [0.29, 0.717) is 0 Å². The van der Waals surface area contributed by atoms with Gasteiger partial charge in [-0.05, 0) is 75.8 Å². The van der Waals surface area contributed by atoms with E-state index in [1.165, 1.54) is 57.9 Å². The lowest BCUT2D eigenvalue weighted by Gasteiger charge is -2.28. The minimum atomic E-state index is 1.14. The first kappa shape index (κ1) is 24.4. The Kier molecular flexibility index (Phi) is 6.06. The minimum Gasteiger partial charge on any atom is -0.310 e. The maximum absolute atomic E-state index is 2.39. The highest BCUT2D eigenvalue weighted by molar-refractivity contribution is 8.05. The van der Waals surface area contributed by atoms with Crippen molar-refractivity contribution in [3.8, 4) is 11.1 Å². The molecule has 0 atom stereocenters. The van der Waals surface area contributed by atoms with Crippen LogP contribution in [0.2, 0.25) is 0 Å². The molecule has 194 valence electrons. The van der Waals surface area contributed by atoms with E-state index in [1.807, 2.05) is 23.5 Å². The number of fused-ring (bicyclic) bond motifs is 5. The molecule has 0 amide bonds. The number of para-hydroxylation sites is 1. The van der Waals surface area contributed by atoms with Crippen molar-refractivity contribution in [2.24, 2.45) is 0 Å². The van der Waals surface area contributed by atoms with Gasteiger partial charge in [0.15, 0.2) is 0 Å². The molecule has 0 N–H and O–H groups in total. The van der Waals surface area contributed by atoms with Crippen LogP contribution in [-0.2, 0) is 0 Å². The Balaban J connectivity index is 1.26. The van der Waals surface area contributed by atoms with Gasteiger partial charge in [0, 0.05) is 36.3 Å². The summed E-state index contributed by atoms with van der Waals surface area (Å²) in [6.45, 7) is 0. The van der Waals surface area contributed by atoms with Gasteiger partial charge >= 0.3 is 0 Å². The lowest BCUT2D eigenvalue weighted by Crippen LogP contribution is -2.10. The van der Waals surface area contributed by atoms with Crippen molar-refractivity contribution < 1.29 is 0 Å². The number of benzene rings is 7. The zero-order valence-electron chi connectivity index (χ0n) is 22.2. The molecule has 0 spiro atoms. The van der Waals surface area contributed by atoms with Crippen LogP contribution in [0.3, 0.4) is 0 Å². The molecule has 0 bridgehead atoms. The molecule has 0 saturated heterocycles. The van der Waals surface area contributed by atoms with Gasteiger partial charge in [-0.15, -0.1) is 0 Å². The first-order valence-corrected chi connectivity index (χ1v) is 15.4. The lowest BCUT2D eigenvalue weighted by atomic mass is 9.98. The molecule has 41 heavy (non-hydrogen) atoms. The van der Waals surface area contributed by atoms with Gasteiger partial charge in [0.2, 0.25) is 0 Å². The number of hydrogen-bond donors (Lipinski definition) is 0. The molecule has 0 aromatic heterocycles. The molecule has 0 unspecified atom stereocenters. The molecule has 3 heteroatoms. The van der Waals surface area contributed by atoms with E-state index in [9.17, 15) is 0 Å². The van der Waals surface area contributed by atoms with Gasteiger partial charge in [-0.2, -0.15) is 0 Å². The van der Waals surface area contributed by atoms with Gasteiger partial charge < -0.3 is 4.90 Å². The molecular weight excluding hydrogens is 535 g/mol. The van der Waals surface area contributed by atoms with E-state index in [0.717, 1.165) is 11.4 Å². The van der Waals surface area contributed by atoms with E-state index in [1.54, 1.807) is 0 Å². The molecule has 0 fully saturated rings. The molecule has 0 radical (unpaired) electrons. The average Bonchev–Trinajstić information content (AvgIpc) is 3.04. The van der Waals surface area contributed by atoms with Crippen LogP contribution in [0.4, 0.5) is 17.1 Å². The van der Waals surface area contributed by atoms with Crippen molar-refractivity contribution in [2.45, 2.75) is 19.6 Å². The summed E-state index contributed by atoms with van der Waals surface area (Å²) in [5, 5.41) is 5.03. The summed E-state index contributed by atoms with van der Waals surface area (Å²) in [6, 6.07) is 54.9. The fourth-order valence-corrected chi connectivity index (χ4v) is 8.19. The smallest absolute Gasteiger partial charge is 0.0546 e. The van der Waals surface area contributed by atoms with E-state index in [2.05, 4.69) is 157 Å². The average molecular weight is 560 g/mol. The van der Waals surface area contributed by atoms with Gasteiger partial charge in [0.05, 0.1) is 5.69 Å². The normalized spacial score (nSPS) is 12.2. The summed E-state index contributed by atoms with van der Waals surface area (Å²) >= 11 is 3.75. The lowest BCUT2D eigenvalue weighted by molar-refractivity contribution is 1.16. The van der Waals surface area contributed by atoms with Crippen molar-refractivity contribution in [1.82, 2.24) is 0 Å². The standard InChI is InChI=1S/C38H25NS2/c1-2-12-28(13-3-1)39(34-25-27-11-4-5-14-30(27)32-15-6-7-16-33(32)34)29-23-21-26(22-24-29)31-17-10-20-37-38(31)41-36-19-9-8-18-35(36)40-37/h1-25H. The largest absolute Gasteiger partial charge is 0.310 e. The number of nitrogens with zero attached hydrogens (tertiary/aromatic N) is 1. The Morgan fingerprint density at radius 3 is 1.83 bits per heavy atom. The summed E-state index contributed by atoms with van der Waals surface area (Å²) in [4.78, 5) is 7.71. The van der Waals surface area contributed by atoms with Crippen LogP contribution in [0.25, 0.3) is 32.7 Å². The second kappa shape index (κ2) is 10.2. The maximum Gasteiger partial charge on any atom is 0.0546 e. The molecule has 1 aliphatic heterocycles. The predicted octanol–water partition coefficient (Wildman–Crippen LogP) is 11.7. The molecule has 8 rings (SSSR count). The predicted molar refractivity (Wildman–Crippen MR) is 176 cm³/mol. The van der Waals surface area contributed by atoms with E-state index in [4.69, 9.17) is 0 Å². The second-order valence-electron chi connectivity index (χ2n) is 10.2. The summed E-state index contributed by atoms with van der Waals surface area (Å²) in [5.74, 6) is 0. The van der Waals surface area contributed by atoms with Crippen LogP contribution in [0.5, 0.6) is 0 Å². The highest BCUT2D eigenvalue weighted by Crippen LogP contribution is 2.52. The molecule has 0 aliphatic carbocycles. The fraction of sp³-hybridized carbons (Fsp3) is 0. The fourth-order valence-electron chi connectivity index (χ4n) is 5.79. The Morgan fingerprint density at radius 2 is 1.02 bits per heavy atom. The zero-order valence-corrected chi connectivity index (χ0v) is 23.8. The van der Waals surface area contributed by atoms with Crippen molar-refractivity contribution in [1.29, 1.82) is 0 Å². The van der Waals surface area contributed by atoms with Gasteiger partial charge in [-0.3, -0.25) is 0 Å². The molecule has 1 heterocycles. The number of rotatable bonds is 4. The van der Waals surface area contributed by atoms with Crippen LogP contribution in [0.1, 0.15) is 0 Å². The molecule has 7 aromatic carbocycles. The second-order valence-corrected chi connectivity index (χ2v) is 12.3. The molecule has 1 aliphatic rings. The summed E-state index contributed by atoms with van der Waals surface area (Å²) in [6.07, 6.45) is 0. The van der Waals surface area contributed by atoms with Crippen LogP contribution in [0.15, 0.2) is 171 Å². The van der Waals surface area contributed by atoms with Crippen LogP contribution in [-0.4, -0.2) is 0 Å². The van der Waals surface area contributed by atoms with E-state index >= 15 is 0 Å². The topological polar surface area (TPSA) is 3.24 Å². The highest BCUT2D eigenvalue weighted by Gasteiger charge is 2.21. The van der Waals surface area contributed by atoms with E-state index in [-0.39, 0.29) is 0 Å². The van der Waals surface area contributed by atoms with Gasteiger partial charge in [0.1, 0.15) is 0 Å². The number of anilines is 3. The van der Waals surface area contributed by atoms with Crippen molar-refractivity contribution in [2.75, 3.05) is 4.90 Å². The molecule has 0 saturated carbocycles. The first-order valence-electron chi connectivity index (χ1n) is 13.8. The van der Waals surface area contributed by atoms with Crippen LogP contribution in [0, 0.1) is 0 Å². The molecule has 1 nitrogen and oxygen atoms in total. The van der Waals surface area contributed by atoms with Crippen molar-refractivity contribution in [3.05, 3.63) is 152 Å². The first-order chi connectivity index (χ1) is 20.3. The Hall–Kier alpha value is -4.44. The SMILES string of the molecule is c1ccc(N(c2ccc(-c3cccc4c3Sc3ccccc3S4)cc2)c2cc3ccccc3c3ccccc23)cc1. The Bertz CT molecular complexity index is 2050. The van der Waals surface area contributed by atoms with Crippen molar-refractivity contribution in [3.63, 3.8) is 0 Å². The Morgan fingerprint density at radius 1 is 0.415 bits per heavy atom. The van der Waals surface area contributed by atoms with Gasteiger partial charge in [-0.25, -0.2) is 0 Å². The highest BCUT2D eigenvalue weighted by atomic mass is 32.2. The van der Waals surface area contributed by atoms with Crippen LogP contribution >= 0.6 is 23.5 Å². The quantitative estimate of drug-likeness (QED) is 0.197. The molecule has 7 aromatic rings. The monoisotopic (exact) mass is 559 g/mol. The Labute approximate surface area is 248 Å². The third-order valence-corrected chi connectivity index (χ3v) is 10.3. The van der Waals surface area contributed by atoms with Gasteiger partial charge in [0.25, 0.3) is 0 Å². The van der Waals surface area contributed by atoms with Crippen molar-refractivity contribution >= 4 is 62.1 Å². The maximum atomic E-state index is 2.39. The summed E-state index contributed by atoms with van der Waals surface area (Å²) < 4.78 is 0. The van der Waals surface area contributed by atoms with Crippen LogP contribution < -0.4 is 4.90 Å². The van der Waals surface area contributed by atoms with E-state index < -0.39 is 0 Å². The minimum absolute atomic E-state index is 1.14. The number of hydrogen-bond acceptors (Lipinski definition) is 3. The summed E-state index contributed by atoms with van der Waals surface area (Å²) in [5.41, 5.74) is 5.97. The third kappa shape index (κ3) is 4.30. The zero-order chi connectivity index (χ0) is 27.2. The molecular formula is C38H25NS2. The van der Waals surface area contributed by atoms with Gasteiger partial charge in [-0.1, -0.05) is 127 Å².